The quantitative estimate of drug-likeness (QED) is 0.185. The van der Waals surface area contributed by atoms with Crippen molar-refractivity contribution in [1.82, 2.24) is 17.3 Å². The van der Waals surface area contributed by atoms with Gasteiger partial charge in [-0.1, -0.05) is 78.6 Å². The SMILES string of the molecule is CC(C)(C)N(P1P(N(C(C)(C)C)[Si](C)(C)C)P(N(C(C)(C)C)[Si](C)(C)C)P1N(C(C)(C)C)[Si](C)(C)C)[Si](C)(C)C. The van der Waals surface area contributed by atoms with Gasteiger partial charge in [0.15, 0.2) is 0 Å². The van der Waals surface area contributed by atoms with Gasteiger partial charge in [-0.2, -0.15) is 0 Å². The Kier molecular flexibility index (Phi) is 12.4. The first-order chi connectivity index (χ1) is 17.0. The smallest absolute Gasteiger partial charge is 0.125 e. The molecule has 0 amide bonds. The van der Waals surface area contributed by atoms with Gasteiger partial charge in [0.1, 0.15) is 32.9 Å². The third-order valence-corrected chi connectivity index (χ3v) is 58.4. The molecule has 12 heteroatoms. The van der Waals surface area contributed by atoms with Gasteiger partial charge in [0, 0.05) is 22.2 Å². The van der Waals surface area contributed by atoms with Gasteiger partial charge >= 0.3 is 0 Å². The number of rotatable bonds is 8. The second kappa shape index (κ2) is 12.2. The Hall–Kier alpha value is 2.43. The lowest BCUT2D eigenvalue weighted by atomic mass is 10.1. The normalized spacial score (nSPS) is 24.9. The maximum Gasteiger partial charge on any atom is 0.125 e. The standard InChI is InChI=1S/C28H72N4P4Si4/c1-25(2,3)29(37(13,14)15)33-34(30(26(4,5)6)38(16,17)18)36(32(28(10,11)12)40(22,23)24)35(33)31(27(7,8)9)39(19,20)21/h1-24H3. The molecule has 0 saturated carbocycles. The van der Waals surface area contributed by atoms with Gasteiger partial charge in [0.05, 0.1) is 29.8 Å². The fourth-order valence-electron chi connectivity index (χ4n) is 7.07. The van der Waals surface area contributed by atoms with E-state index in [1.165, 1.54) is 0 Å². The van der Waals surface area contributed by atoms with Crippen molar-refractivity contribution in [2.24, 2.45) is 0 Å². The third-order valence-electron chi connectivity index (χ3n) is 6.44. The first-order valence-electron chi connectivity index (χ1n) is 15.4. The van der Waals surface area contributed by atoms with Crippen molar-refractivity contribution in [3.63, 3.8) is 0 Å². The molecule has 40 heavy (non-hydrogen) atoms. The average molecular weight is 701 g/mol. The largest absolute Gasteiger partial charge is 0.289 e. The first-order valence-corrected chi connectivity index (χ1v) is 37.2. The maximum atomic E-state index is 3.23. The highest BCUT2D eigenvalue weighted by Gasteiger charge is 2.69. The molecule has 0 spiro atoms. The summed E-state index contributed by atoms with van der Waals surface area (Å²) in [5.41, 5.74) is 0.708. The van der Waals surface area contributed by atoms with Gasteiger partial charge in [0.25, 0.3) is 0 Å². The fourth-order valence-corrected chi connectivity index (χ4v) is 90.5. The van der Waals surface area contributed by atoms with Crippen molar-refractivity contribution in [3.05, 3.63) is 0 Å². The highest BCUT2D eigenvalue weighted by molar-refractivity contribution is 9.07. The number of hydrogen-bond donors (Lipinski definition) is 0. The Bertz CT molecular complexity index is 659. The average Bonchev–Trinajstić information content (AvgIpc) is 2.52. The summed E-state index contributed by atoms with van der Waals surface area (Å²) in [5, 5.41) is 0. The zero-order valence-electron chi connectivity index (χ0n) is 31.6. The zero-order valence-corrected chi connectivity index (χ0v) is 39.2. The van der Waals surface area contributed by atoms with Crippen LogP contribution in [0.2, 0.25) is 78.6 Å². The van der Waals surface area contributed by atoms with E-state index in [0.717, 1.165) is 0 Å². The molecule has 1 aliphatic heterocycles. The summed E-state index contributed by atoms with van der Waals surface area (Å²) in [5.74, 6) is 0. The van der Waals surface area contributed by atoms with Gasteiger partial charge in [-0.25, -0.2) is 0 Å². The Morgan fingerprint density at radius 2 is 0.375 bits per heavy atom. The lowest BCUT2D eigenvalue weighted by Gasteiger charge is -2.74. The predicted molar refractivity (Wildman–Crippen MR) is 207 cm³/mol. The van der Waals surface area contributed by atoms with Crippen LogP contribution in [0.25, 0.3) is 0 Å². The third kappa shape index (κ3) is 9.25. The van der Waals surface area contributed by atoms with E-state index in [1.54, 1.807) is 0 Å². The molecule has 0 unspecified atom stereocenters. The summed E-state index contributed by atoms with van der Waals surface area (Å²) in [6, 6.07) is 0. The van der Waals surface area contributed by atoms with Gasteiger partial charge in [-0.15, -0.1) is 0 Å². The van der Waals surface area contributed by atoms with Gasteiger partial charge < -0.3 is 0 Å². The highest BCUT2D eigenvalue weighted by Crippen LogP contribution is 3.23. The summed E-state index contributed by atoms with van der Waals surface area (Å²) in [6.07, 6.45) is 0. The molecule has 4 nitrogen and oxygen atoms in total. The minimum absolute atomic E-state index is 0.177. The molecular weight excluding hydrogens is 629 g/mol. The summed E-state index contributed by atoms with van der Waals surface area (Å²) < 4.78 is 12.9. The van der Waals surface area contributed by atoms with Gasteiger partial charge in [0.2, 0.25) is 0 Å². The molecule has 0 aliphatic carbocycles. The highest BCUT2D eigenvalue weighted by atomic mass is 33.0. The van der Waals surface area contributed by atoms with E-state index in [0.29, 0.717) is 0 Å². The van der Waals surface area contributed by atoms with Crippen molar-refractivity contribution in [2.75, 3.05) is 0 Å². The molecule has 240 valence electrons. The molecule has 1 rings (SSSR count). The first kappa shape index (κ1) is 40.5. The minimum Gasteiger partial charge on any atom is -0.289 e. The monoisotopic (exact) mass is 700 g/mol. The fraction of sp³-hybridized carbons (Fsp3) is 1.00. The van der Waals surface area contributed by atoms with Crippen LogP contribution in [0.5, 0.6) is 0 Å². The molecule has 0 bridgehead atoms. The van der Waals surface area contributed by atoms with Crippen LogP contribution in [0, 0.1) is 0 Å². The summed E-state index contributed by atoms with van der Waals surface area (Å²) in [6.45, 7) is 62.3. The van der Waals surface area contributed by atoms with Crippen LogP contribution in [-0.2, 0) is 0 Å². The Balaban J connectivity index is 4.46. The number of hydrogen-bond acceptors (Lipinski definition) is 4. The lowest BCUT2D eigenvalue weighted by molar-refractivity contribution is 0.356. The summed E-state index contributed by atoms with van der Waals surface area (Å²) in [7, 11) is -7.83. The van der Waals surface area contributed by atoms with E-state index < -0.39 is 32.9 Å². The van der Waals surface area contributed by atoms with E-state index >= 15 is 0 Å². The van der Waals surface area contributed by atoms with Gasteiger partial charge in [-0.05, 0) is 83.1 Å². The van der Waals surface area contributed by atoms with Crippen molar-refractivity contribution in [2.45, 2.75) is 184 Å². The van der Waals surface area contributed by atoms with Crippen molar-refractivity contribution in [3.8, 4) is 0 Å². The van der Waals surface area contributed by atoms with Crippen molar-refractivity contribution < 1.29 is 0 Å². The molecule has 1 fully saturated rings. The predicted octanol–water partition coefficient (Wildman–Crippen LogP) is 13.0. The molecule has 0 aromatic heterocycles. The topological polar surface area (TPSA) is 13.0 Å². The second-order valence-electron chi connectivity index (χ2n) is 19.7. The zero-order chi connectivity index (χ0) is 32.6. The molecule has 0 aromatic rings. The van der Waals surface area contributed by atoms with Gasteiger partial charge in [-0.3, -0.25) is 17.3 Å². The van der Waals surface area contributed by atoms with Crippen LogP contribution in [-0.4, -0.2) is 72.4 Å². The molecular formula is C28H72N4P4Si4. The Labute approximate surface area is 262 Å². The van der Waals surface area contributed by atoms with E-state index in [-0.39, 0.29) is 52.0 Å². The molecule has 1 aliphatic rings. The molecule has 0 radical (unpaired) electrons. The van der Waals surface area contributed by atoms with Crippen molar-refractivity contribution >= 4 is 62.7 Å². The van der Waals surface area contributed by atoms with E-state index in [2.05, 4.69) is 179 Å². The van der Waals surface area contributed by atoms with Crippen LogP contribution in [0.4, 0.5) is 0 Å². The Morgan fingerprint density at radius 1 is 0.275 bits per heavy atom. The van der Waals surface area contributed by atoms with Crippen LogP contribution in [0.1, 0.15) is 83.1 Å². The summed E-state index contributed by atoms with van der Waals surface area (Å²) in [4.78, 5) is 0. The summed E-state index contributed by atoms with van der Waals surface area (Å²) >= 11 is 0. The van der Waals surface area contributed by atoms with Crippen LogP contribution in [0.3, 0.4) is 0 Å². The second-order valence-corrected chi connectivity index (χ2v) is 57.0. The van der Waals surface area contributed by atoms with Crippen LogP contribution >= 0.6 is 29.8 Å². The molecule has 0 N–H and O–H groups in total. The van der Waals surface area contributed by atoms with Crippen molar-refractivity contribution in [1.29, 1.82) is 0 Å². The number of nitrogens with zero attached hydrogens (tertiary/aromatic N) is 4. The lowest BCUT2D eigenvalue weighted by Crippen LogP contribution is -2.61. The Morgan fingerprint density at radius 3 is 0.425 bits per heavy atom. The van der Waals surface area contributed by atoms with Crippen LogP contribution in [0.15, 0.2) is 0 Å². The molecule has 0 atom stereocenters. The molecule has 0 aromatic carbocycles. The van der Waals surface area contributed by atoms with Crippen LogP contribution < -0.4 is 0 Å². The van der Waals surface area contributed by atoms with E-state index in [1.807, 2.05) is 0 Å². The van der Waals surface area contributed by atoms with E-state index in [4.69, 9.17) is 0 Å². The molecule has 1 saturated heterocycles. The van der Waals surface area contributed by atoms with E-state index in [9.17, 15) is 0 Å². The maximum absolute atomic E-state index is 3.23. The minimum atomic E-state index is -1.65. The molecule has 1 heterocycles.